The first kappa shape index (κ1) is 32.7. The predicted octanol–water partition coefficient (Wildman–Crippen LogP) is 9.61. The van der Waals surface area contributed by atoms with Crippen molar-refractivity contribution in [3.8, 4) is 18.2 Å². The van der Waals surface area contributed by atoms with Gasteiger partial charge in [-0.1, -0.05) is 30.3 Å². The zero-order chi connectivity index (χ0) is 35.2. The highest BCUT2D eigenvalue weighted by atomic mass is 19.2. The van der Waals surface area contributed by atoms with Gasteiger partial charge in [0.15, 0.2) is 52.2 Å². The van der Waals surface area contributed by atoms with Gasteiger partial charge in [0.1, 0.15) is 12.1 Å². The number of rotatable bonds is 4. The van der Waals surface area contributed by atoms with E-state index in [-0.39, 0.29) is 43.8 Å². The van der Waals surface area contributed by atoms with Crippen molar-refractivity contribution < 1.29 is 43.9 Å². The van der Waals surface area contributed by atoms with Gasteiger partial charge in [-0.05, 0) is 29.3 Å². The van der Waals surface area contributed by atoms with Crippen molar-refractivity contribution in [3.63, 3.8) is 0 Å². The number of hydrogen-bond acceptors (Lipinski definition) is 3. The van der Waals surface area contributed by atoms with Crippen LogP contribution in [0, 0.1) is 98.7 Å². The fourth-order valence-corrected chi connectivity index (χ4v) is 4.93. The zero-order valence-electron chi connectivity index (χ0n) is 23.2. The van der Waals surface area contributed by atoms with Crippen molar-refractivity contribution in [2.24, 2.45) is 0 Å². The largest absolute Gasteiger partial charge is 0.238 e. The van der Waals surface area contributed by atoms with E-state index in [1.807, 2.05) is 12.1 Å². The second kappa shape index (κ2) is 12.3. The lowest BCUT2D eigenvalue weighted by molar-refractivity contribution is 0.377. The molecule has 0 saturated carbocycles. The van der Waals surface area contributed by atoms with Crippen LogP contribution in [-0.2, 0) is 0 Å². The summed E-state index contributed by atoms with van der Waals surface area (Å²) in [5, 5.41) is 30.0. The molecule has 0 aliphatic rings. The molecule has 0 heterocycles. The Morgan fingerprint density at radius 2 is 0.896 bits per heavy atom. The van der Waals surface area contributed by atoms with Crippen LogP contribution in [0.3, 0.4) is 0 Å². The second-order valence-electron chi connectivity index (χ2n) is 9.77. The summed E-state index contributed by atoms with van der Waals surface area (Å²) in [5.74, 6) is -22.5. The molecule has 5 rings (SSSR count). The van der Waals surface area contributed by atoms with Crippen LogP contribution >= 0.6 is 0 Å². The summed E-state index contributed by atoms with van der Waals surface area (Å²) in [6, 6.07) is 12.5. The lowest BCUT2D eigenvalue weighted by Gasteiger charge is -2.12. The number of hydrogen-bond donors (Lipinski definition) is 0. The van der Waals surface area contributed by atoms with E-state index in [1.54, 1.807) is 6.07 Å². The Kier molecular flexibility index (Phi) is 8.38. The molecule has 234 valence electrons. The molecule has 0 aromatic heterocycles. The summed E-state index contributed by atoms with van der Waals surface area (Å²) >= 11 is 0. The van der Waals surface area contributed by atoms with Crippen molar-refractivity contribution in [2.45, 2.75) is 0 Å². The summed E-state index contributed by atoms with van der Waals surface area (Å²) in [7, 11) is 0. The molecular formula is C34H8F10N4. The number of benzene rings is 5. The Labute approximate surface area is 262 Å². The second-order valence-corrected chi connectivity index (χ2v) is 9.77. The van der Waals surface area contributed by atoms with Gasteiger partial charge in [0, 0.05) is 27.1 Å². The van der Waals surface area contributed by atoms with E-state index in [0.29, 0.717) is 12.2 Å². The molecule has 5 aromatic rings. The molecule has 14 heteroatoms. The molecule has 48 heavy (non-hydrogen) atoms. The van der Waals surface area contributed by atoms with Crippen LogP contribution < -0.4 is 0 Å². The maximum Gasteiger partial charge on any atom is 0.200 e. The van der Waals surface area contributed by atoms with Crippen molar-refractivity contribution in [3.05, 3.63) is 139 Å². The molecule has 0 fully saturated rings. The average Bonchev–Trinajstić information content (AvgIpc) is 3.10. The summed E-state index contributed by atoms with van der Waals surface area (Å²) < 4.78 is 139. The summed E-state index contributed by atoms with van der Waals surface area (Å²) in [4.78, 5) is 3.12. The predicted molar refractivity (Wildman–Crippen MR) is 151 cm³/mol. The summed E-state index contributed by atoms with van der Waals surface area (Å²) in [5.41, 5.74) is -4.56. The van der Waals surface area contributed by atoms with Crippen LogP contribution in [0.4, 0.5) is 43.9 Å². The van der Waals surface area contributed by atoms with Crippen LogP contribution in [0.1, 0.15) is 33.4 Å². The summed E-state index contributed by atoms with van der Waals surface area (Å²) in [6.07, 6.45) is 0.847. The minimum absolute atomic E-state index is 0.00714. The monoisotopic (exact) mass is 662 g/mol. The standard InChI is InChI=1S/C34H8F10N4/c1-48-24(9-21-27(37)31(41)34(44)32(42)28(21)38)14-3-5-17-19(7-14)23(12-47)16-4-2-13(6-18(16)22(17)11-46)15(10-45)8-20-25(35)29(39)33(43)30(40)26(20)36/h2-9H. The molecule has 0 aliphatic heterocycles. The molecular weight excluding hydrogens is 654 g/mol. The lowest BCUT2D eigenvalue weighted by Crippen LogP contribution is -2.04. The molecule has 0 bridgehead atoms. The number of fused-ring (bicyclic) bond motifs is 2. The van der Waals surface area contributed by atoms with Crippen LogP contribution in [0.15, 0.2) is 36.4 Å². The third-order valence-corrected chi connectivity index (χ3v) is 7.25. The molecule has 4 nitrogen and oxygen atoms in total. The average molecular weight is 662 g/mol. The van der Waals surface area contributed by atoms with E-state index in [2.05, 4.69) is 4.85 Å². The van der Waals surface area contributed by atoms with Gasteiger partial charge in [-0.2, -0.15) is 15.8 Å². The maximum absolute atomic E-state index is 14.3. The Balaban J connectivity index is 1.74. The van der Waals surface area contributed by atoms with Gasteiger partial charge in [-0.3, -0.25) is 0 Å². The smallest absolute Gasteiger partial charge is 0.200 e. The first-order valence-electron chi connectivity index (χ1n) is 12.9. The first-order chi connectivity index (χ1) is 22.8. The van der Waals surface area contributed by atoms with Crippen molar-refractivity contribution in [2.75, 3.05) is 0 Å². The number of nitrogens with zero attached hydrogens (tertiary/aromatic N) is 4. The fraction of sp³-hybridized carbons (Fsp3) is 0. The number of nitriles is 3. The van der Waals surface area contributed by atoms with Crippen molar-refractivity contribution in [1.82, 2.24) is 0 Å². The zero-order valence-corrected chi connectivity index (χ0v) is 23.2. The quantitative estimate of drug-likeness (QED) is 0.0366. The molecule has 0 unspecified atom stereocenters. The van der Waals surface area contributed by atoms with E-state index < -0.39 is 80.6 Å². The highest BCUT2D eigenvalue weighted by Gasteiger charge is 2.27. The Hall–Kier alpha value is -6.64. The highest BCUT2D eigenvalue weighted by Crippen LogP contribution is 2.37. The van der Waals surface area contributed by atoms with E-state index in [9.17, 15) is 59.7 Å². The van der Waals surface area contributed by atoms with Crippen LogP contribution in [0.2, 0.25) is 0 Å². The minimum Gasteiger partial charge on any atom is -0.238 e. The van der Waals surface area contributed by atoms with Gasteiger partial charge in [0.25, 0.3) is 0 Å². The normalized spacial score (nSPS) is 11.7. The van der Waals surface area contributed by atoms with Crippen molar-refractivity contribution >= 4 is 45.0 Å². The molecule has 0 N–H and O–H groups in total. The Morgan fingerprint density at radius 1 is 0.521 bits per heavy atom. The molecule has 0 spiro atoms. The first-order valence-corrected chi connectivity index (χ1v) is 12.9. The van der Waals surface area contributed by atoms with Crippen molar-refractivity contribution in [1.29, 1.82) is 15.8 Å². The Bertz CT molecular complexity index is 2280. The topological polar surface area (TPSA) is 75.7 Å². The molecule has 0 saturated heterocycles. The van der Waals surface area contributed by atoms with Gasteiger partial charge in [-0.25, -0.2) is 48.7 Å². The van der Waals surface area contributed by atoms with Gasteiger partial charge in [-0.15, -0.1) is 0 Å². The summed E-state index contributed by atoms with van der Waals surface area (Å²) in [6.45, 7) is 7.47. The maximum atomic E-state index is 14.3. The molecule has 0 aliphatic carbocycles. The SMILES string of the molecule is [C-]#[N+]C(=Cc1c(F)c(F)c(F)c(F)c1F)c1ccc2c(C#N)c3cc(C(C#N)=Cc4c(F)c(F)c(F)c(F)c4F)ccc3c(C#N)c2c1. The highest BCUT2D eigenvalue weighted by molar-refractivity contribution is 6.11. The number of halogens is 10. The van der Waals surface area contributed by atoms with Gasteiger partial charge >= 0.3 is 0 Å². The number of allylic oxidation sites excluding steroid dienone is 1. The van der Waals surface area contributed by atoms with E-state index in [1.165, 1.54) is 24.3 Å². The molecule has 0 amide bonds. The van der Waals surface area contributed by atoms with E-state index in [0.717, 1.165) is 12.1 Å². The van der Waals surface area contributed by atoms with Crippen LogP contribution in [-0.4, -0.2) is 0 Å². The van der Waals surface area contributed by atoms with Gasteiger partial charge < -0.3 is 0 Å². The molecule has 0 radical (unpaired) electrons. The van der Waals surface area contributed by atoms with E-state index in [4.69, 9.17) is 6.57 Å². The van der Waals surface area contributed by atoms with Crippen LogP contribution in [0.25, 0.3) is 49.8 Å². The Morgan fingerprint density at radius 3 is 1.29 bits per heavy atom. The van der Waals surface area contributed by atoms with Crippen LogP contribution in [0.5, 0.6) is 0 Å². The fourth-order valence-electron chi connectivity index (χ4n) is 4.93. The lowest BCUT2D eigenvalue weighted by atomic mass is 9.89. The minimum atomic E-state index is -2.40. The molecule has 5 aromatic carbocycles. The van der Waals surface area contributed by atoms with Gasteiger partial charge in [0.2, 0.25) is 11.6 Å². The van der Waals surface area contributed by atoms with E-state index >= 15 is 0 Å². The molecule has 0 atom stereocenters. The van der Waals surface area contributed by atoms with Gasteiger partial charge in [0.05, 0.1) is 34.9 Å². The third kappa shape index (κ3) is 5.02. The third-order valence-electron chi connectivity index (χ3n) is 7.25.